The van der Waals surface area contributed by atoms with Crippen molar-refractivity contribution in [1.82, 2.24) is 4.57 Å². The predicted molar refractivity (Wildman–Crippen MR) is 244 cm³/mol. The molecule has 0 saturated heterocycles. The molecule has 11 rings (SSSR count). The number of aromatic nitrogens is 1. The zero-order valence-electron chi connectivity index (χ0n) is 32.4. The second-order valence-electron chi connectivity index (χ2n) is 15.2. The van der Waals surface area contributed by atoms with Crippen LogP contribution in [0.4, 0.5) is 17.1 Å². The lowest BCUT2D eigenvalue weighted by atomic mass is 9.79. The lowest BCUT2D eigenvalue weighted by molar-refractivity contribution is 0.400. The van der Waals surface area contributed by atoms with E-state index in [1.807, 2.05) is 103 Å². The fourth-order valence-corrected chi connectivity index (χ4v) is 8.96. The molecule has 2 heterocycles. The van der Waals surface area contributed by atoms with Crippen LogP contribution in [0.3, 0.4) is 0 Å². The maximum Gasteiger partial charge on any atom is 0.183 e. The van der Waals surface area contributed by atoms with Gasteiger partial charge in [0.2, 0.25) is 0 Å². The summed E-state index contributed by atoms with van der Waals surface area (Å²) in [6.07, 6.45) is 0. The highest BCUT2D eigenvalue weighted by Gasteiger charge is 2.31. The highest BCUT2D eigenvalue weighted by molar-refractivity contribution is 6.50. The molecular weight excluding hydrogens is 778 g/mol. The average Bonchev–Trinajstić information content (AvgIpc) is 3.62. The first-order valence-electron chi connectivity index (χ1n) is 19.5. The number of hydrogen-bond donors (Lipinski definition) is 7. The zero-order valence-corrected chi connectivity index (χ0v) is 32.4. The molecule has 10 nitrogen and oxygen atoms in total. The predicted octanol–water partition coefficient (Wildman–Crippen LogP) is 9.53. The van der Waals surface area contributed by atoms with E-state index in [9.17, 15) is 35.7 Å². The third-order valence-electron chi connectivity index (χ3n) is 11.8. The van der Waals surface area contributed by atoms with E-state index in [4.69, 9.17) is 20.4 Å². The summed E-state index contributed by atoms with van der Waals surface area (Å²) in [7, 11) is 12.8. The molecule has 7 N–H and O–H groups in total. The van der Waals surface area contributed by atoms with E-state index in [-0.39, 0.29) is 27.7 Å². The number of fused-ring (bicyclic) bond motifs is 7. The summed E-state index contributed by atoms with van der Waals surface area (Å²) >= 11 is 0. The monoisotopic (exact) mass is 808 g/mol. The van der Waals surface area contributed by atoms with Crippen LogP contribution < -0.4 is 20.6 Å². The number of nitrogens with zero attached hydrogens (tertiary/aromatic N) is 2. The molecule has 0 spiro atoms. The molecule has 1 aliphatic rings. The molecule has 0 saturated carbocycles. The molecule has 0 unspecified atom stereocenters. The van der Waals surface area contributed by atoms with Crippen LogP contribution in [0.2, 0.25) is 0 Å². The summed E-state index contributed by atoms with van der Waals surface area (Å²) in [6.45, 7) is 0. The van der Waals surface area contributed by atoms with Crippen LogP contribution in [0.25, 0.3) is 71.3 Å². The van der Waals surface area contributed by atoms with Crippen LogP contribution in [0.1, 0.15) is 0 Å². The fourth-order valence-electron chi connectivity index (χ4n) is 8.96. The van der Waals surface area contributed by atoms with E-state index in [1.165, 1.54) is 11.0 Å². The first kappa shape index (κ1) is 36.7. The summed E-state index contributed by atoms with van der Waals surface area (Å²) in [6, 6.07) is 42.1. The van der Waals surface area contributed by atoms with Crippen LogP contribution in [-0.4, -0.2) is 56.0 Å². The highest BCUT2D eigenvalue weighted by atomic mass is 16.5. The highest BCUT2D eigenvalue weighted by Crippen LogP contribution is 2.56. The van der Waals surface area contributed by atoms with Crippen molar-refractivity contribution in [3.05, 3.63) is 140 Å². The zero-order chi connectivity index (χ0) is 42.7. The minimum atomic E-state index is -0.820. The third-order valence-corrected chi connectivity index (χ3v) is 11.8. The van der Waals surface area contributed by atoms with Gasteiger partial charge in [0.1, 0.15) is 32.9 Å². The molecule has 0 atom stereocenters. The number of ether oxygens (including phenoxy) is 1. The Hall–Kier alpha value is -8.37. The number of anilines is 3. The Labute approximate surface area is 355 Å². The van der Waals surface area contributed by atoms with E-state index in [2.05, 4.69) is 4.57 Å². The Kier molecular flexibility index (Phi) is 7.88. The van der Waals surface area contributed by atoms with E-state index in [1.54, 1.807) is 24.3 Å². The van der Waals surface area contributed by atoms with E-state index < -0.39 is 51.2 Å². The average molecular weight is 808 g/mol. The first-order chi connectivity index (χ1) is 30.0. The number of phenolic OH excluding ortho intramolecular Hbond substituents is 7. The molecule has 0 amide bonds. The van der Waals surface area contributed by atoms with Crippen molar-refractivity contribution in [2.24, 2.45) is 0 Å². The van der Waals surface area contributed by atoms with E-state index in [0.717, 1.165) is 50.1 Å². The molecule has 4 radical (unpaired) electrons. The van der Waals surface area contributed by atoms with Gasteiger partial charge in [0.15, 0.2) is 34.5 Å². The van der Waals surface area contributed by atoms with Crippen LogP contribution in [-0.2, 0) is 0 Å². The van der Waals surface area contributed by atoms with Crippen molar-refractivity contribution in [2.45, 2.75) is 0 Å². The molecule has 12 heteroatoms. The molecule has 9 aromatic carbocycles. The van der Waals surface area contributed by atoms with Crippen LogP contribution in [0.15, 0.2) is 140 Å². The third kappa shape index (κ3) is 5.13. The SMILES string of the molecule is [B]c1c(O)c(O)c([B])c2c(O)c(O)cc(N(c3ccccc3-c3ccc4c(c3)c3cccc5c3n4-c3ccccc3O5)c3cc(O)c(-c4ccc5ccccc5c4)c(O)c3O)c12. The van der Waals surface area contributed by atoms with Gasteiger partial charge in [-0.2, -0.15) is 0 Å². The molecule has 0 bridgehead atoms. The Bertz CT molecular complexity index is 3590. The molecule has 10 aromatic rings. The number of benzene rings is 9. The number of hydrogen-bond acceptors (Lipinski definition) is 9. The Morgan fingerprint density at radius 1 is 0.468 bits per heavy atom. The van der Waals surface area contributed by atoms with Gasteiger partial charge >= 0.3 is 0 Å². The van der Waals surface area contributed by atoms with Gasteiger partial charge in [-0.25, -0.2) is 0 Å². The van der Waals surface area contributed by atoms with Crippen molar-refractivity contribution < 1.29 is 40.5 Å². The number of phenols is 7. The molecule has 1 aromatic heterocycles. The second kappa shape index (κ2) is 13.3. The first-order valence-corrected chi connectivity index (χ1v) is 19.5. The van der Waals surface area contributed by atoms with Gasteiger partial charge in [-0.3, -0.25) is 0 Å². The molecule has 62 heavy (non-hydrogen) atoms. The normalized spacial score (nSPS) is 11.9. The summed E-state index contributed by atoms with van der Waals surface area (Å²) in [4.78, 5) is 1.42. The number of aromatic hydroxyl groups is 7. The van der Waals surface area contributed by atoms with Crippen molar-refractivity contribution in [3.8, 4) is 79.7 Å². The summed E-state index contributed by atoms with van der Waals surface area (Å²) in [5.74, 6) is -3.34. The summed E-state index contributed by atoms with van der Waals surface area (Å²) < 4.78 is 8.50. The van der Waals surface area contributed by atoms with Crippen molar-refractivity contribution in [1.29, 1.82) is 0 Å². The minimum absolute atomic E-state index is 0.0425. The maximum atomic E-state index is 12.2. The van der Waals surface area contributed by atoms with E-state index >= 15 is 0 Å². The van der Waals surface area contributed by atoms with Crippen molar-refractivity contribution in [3.63, 3.8) is 0 Å². The minimum Gasteiger partial charge on any atom is -0.507 e. The largest absolute Gasteiger partial charge is 0.507 e. The molecule has 0 fully saturated rings. The number of para-hydroxylation sites is 4. The van der Waals surface area contributed by atoms with Gasteiger partial charge in [0, 0.05) is 39.2 Å². The summed E-state index contributed by atoms with van der Waals surface area (Å²) in [5, 5.41) is 83.4. The Morgan fingerprint density at radius 3 is 1.97 bits per heavy atom. The van der Waals surface area contributed by atoms with Gasteiger partial charge in [-0.1, -0.05) is 84.9 Å². The van der Waals surface area contributed by atoms with Crippen LogP contribution >= 0.6 is 0 Å². The van der Waals surface area contributed by atoms with E-state index in [0.29, 0.717) is 28.1 Å². The standard InChI is InChI=1S/C50H30B2N2O8/c51-43-41-34(22-37(56)47(58)42(41)44(52)50(61)49(43)60)53(35-23-36(55)40(48(59)46(35)57)27-17-16-24-8-1-2-9-25(24)20-27)31-12-4-3-10-28(31)26-18-19-32-30(21-26)29-11-7-15-39-45(29)54(32)33-13-5-6-14-38(33)62-39/h1-23,55-61H. The Morgan fingerprint density at radius 2 is 1.15 bits per heavy atom. The molecule has 294 valence electrons. The van der Waals surface area contributed by atoms with Crippen molar-refractivity contribution >= 4 is 87.0 Å². The molecule has 0 aliphatic carbocycles. The van der Waals surface area contributed by atoms with Gasteiger partial charge in [-0.15, -0.1) is 0 Å². The van der Waals surface area contributed by atoms with Gasteiger partial charge < -0.3 is 49.9 Å². The van der Waals surface area contributed by atoms with Gasteiger partial charge in [0.05, 0.1) is 39.3 Å². The topological polar surface area (TPSA) is 159 Å². The van der Waals surface area contributed by atoms with Crippen LogP contribution in [0, 0.1) is 0 Å². The smallest absolute Gasteiger partial charge is 0.183 e. The number of rotatable bonds is 5. The second-order valence-corrected chi connectivity index (χ2v) is 15.2. The quantitative estimate of drug-likeness (QED) is 0.0511. The van der Waals surface area contributed by atoms with Gasteiger partial charge in [0.25, 0.3) is 0 Å². The van der Waals surface area contributed by atoms with Crippen molar-refractivity contribution in [2.75, 3.05) is 4.90 Å². The Balaban J connectivity index is 1.20. The fraction of sp³-hybridized carbons (Fsp3) is 0. The maximum absolute atomic E-state index is 12.2. The van der Waals surface area contributed by atoms with Crippen LogP contribution in [0.5, 0.6) is 51.7 Å². The van der Waals surface area contributed by atoms with Gasteiger partial charge in [-0.05, 0) is 75.3 Å². The molecular formula is C50H30B2N2O8. The lowest BCUT2D eigenvalue weighted by Crippen LogP contribution is -2.20. The lowest BCUT2D eigenvalue weighted by Gasteiger charge is -2.31. The summed E-state index contributed by atoms with van der Waals surface area (Å²) in [5.41, 5.74) is 3.55. The molecule has 1 aliphatic heterocycles.